The Hall–Kier alpha value is -1.69. The standard InChI is InChI=1S/C12H17N3O3/c1-7(10-4-3-5-18-10)14-11-9(12(16)17)6-13-8(2)15-11/h6-7,10H,3-5H2,1-2H3,(H,16,17)(H,13,14,15). The number of aromatic nitrogens is 2. The molecular weight excluding hydrogens is 234 g/mol. The summed E-state index contributed by atoms with van der Waals surface area (Å²) in [5, 5.41) is 12.2. The van der Waals surface area contributed by atoms with E-state index in [1.807, 2.05) is 6.92 Å². The zero-order chi connectivity index (χ0) is 13.1. The largest absolute Gasteiger partial charge is 0.477 e. The molecule has 18 heavy (non-hydrogen) atoms. The summed E-state index contributed by atoms with van der Waals surface area (Å²) in [5.41, 5.74) is 0.0884. The van der Waals surface area contributed by atoms with Gasteiger partial charge in [0.1, 0.15) is 17.2 Å². The molecule has 1 aromatic heterocycles. The first-order chi connectivity index (χ1) is 8.58. The normalized spacial score (nSPS) is 20.7. The highest BCUT2D eigenvalue weighted by Crippen LogP contribution is 2.20. The van der Waals surface area contributed by atoms with Crippen LogP contribution in [0.15, 0.2) is 6.20 Å². The molecule has 0 radical (unpaired) electrons. The number of hydrogen-bond acceptors (Lipinski definition) is 5. The van der Waals surface area contributed by atoms with Gasteiger partial charge in [0, 0.05) is 12.8 Å². The number of carboxylic acid groups (broad SMARTS) is 1. The second-order valence-electron chi connectivity index (χ2n) is 4.47. The Balaban J connectivity index is 2.16. The van der Waals surface area contributed by atoms with Crippen LogP contribution in [0.5, 0.6) is 0 Å². The fourth-order valence-corrected chi connectivity index (χ4v) is 2.04. The van der Waals surface area contributed by atoms with Gasteiger partial charge in [-0.1, -0.05) is 0 Å². The highest BCUT2D eigenvalue weighted by molar-refractivity contribution is 5.92. The second-order valence-corrected chi connectivity index (χ2v) is 4.47. The number of aromatic carboxylic acids is 1. The lowest BCUT2D eigenvalue weighted by Gasteiger charge is -2.21. The first kappa shape index (κ1) is 12.8. The van der Waals surface area contributed by atoms with Gasteiger partial charge in [0.05, 0.1) is 12.1 Å². The minimum absolute atomic E-state index is 0.0277. The van der Waals surface area contributed by atoms with Gasteiger partial charge in [-0.05, 0) is 26.7 Å². The van der Waals surface area contributed by atoms with E-state index in [-0.39, 0.29) is 17.7 Å². The predicted molar refractivity (Wildman–Crippen MR) is 65.8 cm³/mol. The smallest absolute Gasteiger partial charge is 0.341 e. The van der Waals surface area contributed by atoms with Crippen molar-refractivity contribution in [3.63, 3.8) is 0 Å². The van der Waals surface area contributed by atoms with Crippen molar-refractivity contribution < 1.29 is 14.6 Å². The van der Waals surface area contributed by atoms with Crippen molar-refractivity contribution in [3.8, 4) is 0 Å². The van der Waals surface area contributed by atoms with Gasteiger partial charge in [-0.25, -0.2) is 14.8 Å². The Morgan fingerprint density at radius 3 is 3.06 bits per heavy atom. The molecule has 0 saturated carbocycles. The molecule has 2 unspecified atom stereocenters. The molecule has 98 valence electrons. The molecule has 1 fully saturated rings. The number of rotatable bonds is 4. The van der Waals surface area contributed by atoms with Gasteiger partial charge in [-0.3, -0.25) is 0 Å². The molecule has 0 amide bonds. The van der Waals surface area contributed by atoms with E-state index < -0.39 is 5.97 Å². The average Bonchev–Trinajstić information content (AvgIpc) is 2.81. The number of nitrogens with zero attached hydrogens (tertiary/aromatic N) is 2. The maximum Gasteiger partial charge on any atom is 0.341 e. The molecular formula is C12H17N3O3. The molecule has 1 aromatic rings. The Morgan fingerprint density at radius 2 is 2.44 bits per heavy atom. The van der Waals surface area contributed by atoms with Crippen molar-refractivity contribution in [3.05, 3.63) is 17.6 Å². The number of nitrogens with one attached hydrogen (secondary N) is 1. The Bertz CT molecular complexity index is 444. The second kappa shape index (κ2) is 5.30. The third-order valence-electron chi connectivity index (χ3n) is 3.03. The van der Waals surface area contributed by atoms with Crippen LogP contribution in [0.3, 0.4) is 0 Å². The maximum absolute atomic E-state index is 11.1. The van der Waals surface area contributed by atoms with Crippen LogP contribution < -0.4 is 5.32 Å². The van der Waals surface area contributed by atoms with Gasteiger partial charge < -0.3 is 15.2 Å². The zero-order valence-corrected chi connectivity index (χ0v) is 10.5. The fourth-order valence-electron chi connectivity index (χ4n) is 2.04. The maximum atomic E-state index is 11.1. The van der Waals surface area contributed by atoms with Crippen molar-refractivity contribution in [2.75, 3.05) is 11.9 Å². The molecule has 1 saturated heterocycles. The molecule has 6 nitrogen and oxygen atoms in total. The van der Waals surface area contributed by atoms with E-state index in [1.54, 1.807) is 6.92 Å². The summed E-state index contributed by atoms with van der Waals surface area (Å²) in [5.74, 6) is -0.128. The number of carbonyl (C=O) groups is 1. The number of anilines is 1. The molecule has 0 spiro atoms. The van der Waals surface area contributed by atoms with Crippen LogP contribution in [0.25, 0.3) is 0 Å². The topological polar surface area (TPSA) is 84.3 Å². The predicted octanol–water partition coefficient (Wildman–Crippen LogP) is 1.46. The van der Waals surface area contributed by atoms with Crippen LogP contribution >= 0.6 is 0 Å². The summed E-state index contributed by atoms with van der Waals surface area (Å²) in [4.78, 5) is 19.1. The Labute approximate surface area is 105 Å². The summed E-state index contributed by atoms with van der Waals surface area (Å²) < 4.78 is 5.56. The van der Waals surface area contributed by atoms with Crippen molar-refractivity contribution in [2.24, 2.45) is 0 Å². The van der Waals surface area contributed by atoms with E-state index in [2.05, 4.69) is 15.3 Å². The third kappa shape index (κ3) is 2.76. The van der Waals surface area contributed by atoms with E-state index in [4.69, 9.17) is 9.84 Å². The van der Waals surface area contributed by atoms with Crippen LogP contribution in [0, 0.1) is 6.92 Å². The van der Waals surface area contributed by atoms with E-state index in [9.17, 15) is 4.79 Å². The Morgan fingerprint density at radius 1 is 1.67 bits per heavy atom. The molecule has 2 N–H and O–H groups in total. The highest BCUT2D eigenvalue weighted by atomic mass is 16.5. The first-order valence-corrected chi connectivity index (χ1v) is 6.03. The number of hydrogen-bond donors (Lipinski definition) is 2. The lowest BCUT2D eigenvalue weighted by Crippen LogP contribution is -2.31. The van der Waals surface area contributed by atoms with Crippen molar-refractivity contribution in [1.29, 1.82) is 0 Å². The van der Waals surface area contributed by atoms with Gasteiger partial charge in [0.2, 0.25) is 0 Å². The van der Waals surface area contributed by atoms with Crippen LogP contribution in [-0.2, 0) is 4.74 Å². The summed E-state index contributed by atoms with van der Waals surface area (Å²) in [7, 11) is 0. The third-order valence-corrected chi connectivity index (χ3v) is 3.03. The van der Waals surface area contributed by atoms with E-state index in [1.165, 1.54) is 6.20 Å². The SMILES string of the molecule is Cc1ncc(C(=O)O)c(NC(C)C2CCCO2)n1. The van der Waals surface area contributed by atoms with E-state index in [0.717, 1.165) is 19.4 Å². The molecule has 1 aliphatic rings. The van der Waals surface area contributed by atoms with Crippen LogP contribution in [-0.4, -0.2) is 39.8 Å². The van der Waals surface area contributed by atoms with Gasteiger partial charge in [-0.15, -0.1) is 0 Å². The molecule has 0 bridgehead atoms. The summed E-state index contributed by atoms with van der Waals surface area (Å²) >= 11 is 0. The van der Waals surface area contributed by atoms with Gasteiger partial charge in [-0.2, -0.15) is 0 Å². The minimum Gasteiger partial charge on any atom is -0.477 e. The molecule has 2 rings (SSSR count). The molecule has 6 heteroatoms. The first-order valence-electron chi connectivity index (χ1n) is 6.03. The number of ether oxygens (including phenoxy) is 1. The quantitative estimate of drug-likeness (QED) is 0.842. The molecule has 2 atom stereocenters. The zero-order valence-electron chi connectivity index (χ0n) is 10.5. The summed E-state index contributed by atoms with van der Waals surface area (Å²) in [6, 6.07) is 0.0277. The van der Waals surface area contributed by atoms with Crippen LogP contribution in [0.2, 0.25) is 0 Å². The van der Waals surface area contributed by atoms with Crippen molar-refractivity contribution >= 4 is 11.8 Å². The summed E-state index contributed by atoms with van der Waals surface area (Å²) in [6.45, 7) is 4.47. The van der Waals surface area contributed by atoms with Gasteiger partial charge in [0.15, 0.2) is 0 Å². The molecule has 0 aromatic carbocycles. The minimum atomic E-state index is -1.03. The number of carboxylic acids is 1. The fraction of sp³-hybridized carbons (Fsp3) is 0.583. The lowest BCUT2D eigenvalue weighted by atomic mass is 10.1. The van der Waals surface area contributed by atoms with Crippen molar-refractivity contribution in [2.45, 2.75) is 38.8 Å². The van der Waals surface area contributed by atoms with Gasteiger partial charge in [0.25, 0.3) is 0 Å². The van der Waals surface area contributed by atoms with E-state index >= 15 is 0 Å². The van der Waals surface area contributed by atoms with Crippen molar-refractivity contribution in [1.82, 2.24) is 9.97 Å². The van der Waals surface area contributed by atoms with Gasteiger partial charge >= 0.3 is 5.97 Å². The lowest BCUT2D eigenvalue weighted by molar-refractivity contribution is 0.0696. The Kier molecular flexibility index (Phi) is 3.76. The average molecular weight is 251 g/mol. The molecule has 2 heterocycles. The molecule has 1 aliphatic heterocycles. The van der Waals surface area contributed by atoms with Crippen LogP contribution in [0.4, 0.5) is 5.82 Å². The highest BCUT2D eigenvalue weighted by Gasteiger charge is 2.24. The number of aryl methyl sites for hydroxylation is 1. The summed E-state index contributed by atoms with van der Waals surface area (Å²) in [6.07, 6.45) is 3.48. The monoisotopic (exact) mass is 251 g/mol. The van der Waals surface area contributed by atoms with E-state index in [0.29, 0.717) is 11.6 Å². The van der Waals surface area contributed by atoms with Crippen LogP contribution in [0.1, 0.15) is 35.9 Å². The molecule has 0 aliphatic carbocycles.